The number of hydrogen-bond acceptors (Lipinski definition) is 5. The molecule has 0 spiro atoms. The van der Waals surface area contributed by atoms with E-state index < -0.39 is 0 Å². The van der Waals surface area contributed by atoms with Crippen LogP contribution in [0.4, 0.5) is 0 Å². The number of amides is 1. The lowest BCUT2D eigenvalue weighted by Gasteiger charge is -2.29. The maximum absolute atomic E-state index is 13.5. The van der Waals surface area contributed by atoms with Gasteiger partial charge < -0.3 is 4.74 Å². The molecule has 5 rings (SSSR count). The molecule has 1 aliphatic carbocycles. The van der Waals surface area contributed by atoms with E-state index in [1.54, 1.807) is 0 Å². The predicted octanol–water partition coefficient (Wildman–Crippen LogP) is 7.42. The van der Waals surface area contributed by atoms with E-state index in [-0.39, 0.29) is 11.9 Å². The van der Waals surface area contributed by atoms with Crippen molar-refractivity contribution >= 4 is 40.3 Å². The van der Waals surface area contributed by atoms with Crippen molar-refractivity contribution in [2.75, 3.05) is 6.61 Å². The number of hydrogen-bond donors (Lipinski definition) is 0. The molecule has 1 aliphatic heterocycles. The summed E-state index contributed by atoms with van der Waals surface area (Å²) in [6, 6.07) is 16.3. The quantitative estimate of drug-likeness (QED) is 0.235. The van der Waals surface area contributed by atoms with Gasteiger partial charge in [0.2, 0.25) is 0 Å². The van der Waals surface area contributed by atoms with Crippen LogP contribution in [0.2, 0.25) is 0 Å². The summed E-state index contributed by atoms with van der Waals surface area (Å²) in [4.78, 5) is 16.0. The van der Waals surface area contributed by atoms with Gasteiger partial charge >= 0.3 is 0 Å². The highest BCUT2D eigenvalue weighted by Gasteiger charge is 2.37. The van der Waals surface area contributed by atoms with Crippen LogP contribution in [0.5, 0.6) is 5.75 Å². The lowest BCUT2D eigenvalue weighted by atomic mass is 9.94. The number of ether oxygens (including phenoxy) is 1. The van der Waals surface area contributed by atoms with Crippen LogP contribution in [0.3, 0.4) is 0 Å². The summed E-state index contributed by atoms with van der Waals surface area (Å²) in [6.07, 6.45) is 9.57. The van der Waals surface area contributed by atoms with Gasteiger partial charge in [0.25, 0.3) is 5.91 Å². The number of aromatic nitrogens is 2. The fourth-order valence-corrected chi connectivity index (χ4v) is 6.37. The molecule has 1 aromatic heterocycles. The van der Waals surface area contributed by atoms with Crippen LogP contribution in [0.25, 0.3) is 23.0 Å². The fourth-order valence-electron chi connectivity index (χ4n) is 4.97. The summed E-state index contributed by atoms with van der Waals surface area (Å²) in [7, 11) is 0. The lowest BCUT2D eigenvalue weighted by Crippen LogP contribution is -2.39. The Hall–Kier alpha value is -2.90. The molecule has 0 N–H and O–H groups in total. The minimum Gasteiger partial charge on any atom is -0.493 e. The van der Waals surface area contributed by atoms with E-state index >= 15 is 0 Å². The average molecular weight is 532 g/mol. The summed E-state index contributed by atoms with van der Waals surface area (Å²) < 4.78 is 8.65. The van der Waals surface area contributed by atoms with Gasteiger partial charge in [-0.05, 0) is 50.0 Å². The van der Waals surface area contributed by atoms with E-state index in [1.807, 2.05) is 64.3 Å². The van der Waals surface area contributed by atoms with Crippen LogP contribution in [-0.4, -0.2) is 37.6 Å². The Morgan fingerprint density at radius 1 is 1.11 bits per heavy atom. The molecule has 0 atom stereocenters. The van der Waals surface area contributed by atoms with Gasteiger partial charge in [0.1, 0.15) is 15.8 Å². The minimum atomic E-state index is 0.0195. The van der Waals surface area contributed by atoms with Crippen molar-refractivity contribution in [1.82, 2.24) is 14.7 Å². The number of carbonyl (C=O) groups is 1. The van der Waals surface area contributed by atoms with Crippen molar-refractivity contribution in [2.45, 2.75) is 58.9 Å². The van der Waals surface area contributed by atoms with Crippen LogP contribution in [0.1, 0.15) is 57.1 Å². The highest BCUT2D eigenvalue weighted by Crippen LogP contribution is 2.39. The Bertz CT molecular complexity index is 1320. The summed E-state index contributed by atoms with van der Waals surface area (Å²) in [6.45, 7) is 7.00. The molecular formula is C30H33N3O2S2. The molecule has 0 unspecified atom stereocenters. The normalized spacial score (nSPS) is 17.8. The number of thiocarbonyl (C=S) groups is 1. The third kappa shape index (κ3) is 5.53. The summed E-state index contributed by atoms with van der Waals surface area (Å²) >= 11 is 7.08. The Kier molecular flexibility index (Phi) is 7.81. The molecular weight excluding hydrogens is 498 g/mol. The summed E-state index contributed by atoms with van der Waals surface area (Å²) in [5.41, 5.74) is 4.69. The number of thioether (sulfide) groups is 1. The first-order chi connectivity index (χ1) is 17.9. The van der Waals surface area contributed by atoms with E-state index in [0.717, 1.165) is 59.5 Å². The van der Waals surface area contributed by atoms with Gasteiger partial charge in [-0.3, -0.25) is 9.69 Å². The second-order valence-electron chi connectivity index (χ2n) is 10.2. The first kappa shape index (κ1) is 25.7. The van der Waals surface area contributed by atoms with Crippen LogP contribution in [0.15, 0.2) is 59.6 Å². The number of benzene rings is 2. The minimum absolute atomic E-state index is 0.0195. The number of rotatable bonds is 7. The molecule has 0 radical (unpaired) electrons. The highest BCUT2D eigenvalue weighted by molar-refractivity contribution is 8.26. The van der Waals surface area contributed by atoms with E-state index in [1.165, 1.54) is 18.2 Å². The molecule has 5 nitrogen and oxygen atoms in total. The smallest absolute Gasteiger partial charge is 0.266 e. The third-order valence-corrected chi connectivity index (χ3v) is 8.26. The molecule has 7 heteroatoms. The van der Waals surface area contributed by atoms with Gasteiger partial charge in [-0.25, -0.2) is 4.68 Å². The lowest BCUT2D eigenvalue weighted by molar-refractivity contribution is -0.124. The van der Waals surface area contributed by atoms with Crippen LogP contribution < -0.4 is 4.74 Å². The van der Waals surface area contributed by atoms with Crippen molar-refractivity contribution in [2.24, 2.45) is 5.92 Å². The molecule has 1 amide bonds. The van der Waals surface area contributed by atoms with Crippen molar-refractivity contribution < 1.29 is 9.53 Å². The highest BCUT2D eigenvalue weighted by atomic mass is 32.2. The topological polar surface area (TPSA) is 47.4 Å². The van der Waals surface area contributed by atoms with Gasteiger partial charge in [-0.15, -0.1) is 0 Å². The zero-order valence-corrected chi connectivity index (χ0v) is 23.3. The first-order valence-electron chi connectivity index (χ1n) is 13.1. The van der Waals surface area contributed by atoms with Crippen LogP contribution >= 0.6 is 24.0 Å². The zero-order valence-electron chi connectivity index (χ0n) is 21.6. The molecule has 2 fully saturated rings. The van der Waals surface area contributed by atoms with Crippen LogP contribution in [-0.2, 0) is 4.79 Å². The zero-order chi connectivity index (χ0) is 25.9. The van der Waals surface area contributed by atoms with E-state index in [9.17, 15) is 4.79 Å². The number of para-hydroxylation sites is 1. The van der Waals surface area contributed by atoms with Crippen molar-refractivity contribution in [1.29, 1.82) is 0 Å². The Morgan fingerprint density at radius 2 is 1.86 bits per heavy atom. The monoisotopic (exact) mass is 531 g/mol. The second kappa shape index (κ2) is 11.2. The van der Waals surface area contributed by atoms with E-state index in [0.29, 0.717) is 21.8 Å². The molecule has 2 aliphatic rings. The Balaban J connectivity index is 1.55. The molecule has 1 saturated carbocycles. The van der Waals surface area contributed by atoms with Gasteiger partial charge in [0.15, 0.2) is 0 Å². The molecule has 1 saturated heterocycles. The first-order valence-corrected chi connectivity index (χ1v) is 14.3. The Morgan fingerprint density at radius 3 is 2.59 bits per heavy atom. The molecule has 37 heavy (non-hydrogen) atoms. The molecule has 192 valence electrons. The van der Waals surface area contributed by atoms with Gasteiger partial charge in [0, 0.05) is 28.9 Å². The van der Waals surface area contributed by atoms with Gasteiger partial charge in [-0.1, -0.05) is 87.4 Å². The van der Waals surface area contributed by atoms with Crippen molar-refractivity contribution in [3.05, 3.63) is 70.8 Å². The Labute approximate surface area is 228 Å². The summed E-state index contributed by atoms with van der Waals surface area (Å²) in [5, 5.41) is 4.99. The largest absolute Gasteiger partial charge is 0.493 e. The fraction of sp³-hybridized carbons (Fsp3) is 0.367. The van der Waals surface area contributed by atoms with E-state index in [4.69, 9.17) is 22.1 Å². The maximum Gasteiger partial charge on any atom is 0.266 e. The molecule has 2 heterocycles. The SMILES string of the molecule is Cc1c(OCC(C)C)cccc1-c1nn(-c2ccccc2)cc1/C=C1\SC(=S)N(C2CCCCC2)C1=O. The average Bonchev–Trinajstić information content (AvgIpc) is 3.44. The molecule has 2 aromatic carbocycles. The second-order valence-corrected chi connectivity index (χ2v) is 11.9. The van der Waals surface area contributed by atoms with Crippen molar-refractivity contribution in [3.8, 4) is 22.7 Å². The standard InChI is InChI=1S/C30H33N3O2S2/c1-20(2)19-35-26-16-10-15-25(21(26)3)28-22(18-32(31-28)23-11-6-4-7-12-23)17-27-29(34)33(30(36)37-27)24-13-8-5-9-14-24/h4,6-7,10-12,15-18,20,24H,5,8-9,13-14,19H2,1-3H3/b27-17-. The van der Waals surface area contributed by atoms with Crippen molar-refractivity contribution in [3.63, 3.8) is 0 Å². The predicted molar refractivity (Wildman–Crippen MR) is 156 cm³/mol. The molecule has 0 bridgehead atoms. The maximum atomic E-state index is 13.5. The van der Waals surface area contributed by atoms with Gasteiger partial charge in [-0.2, -0.15) is 5.10 Å². The number of nitrogens with zero attached hydrogens (tertiary/aromatic N) is 3. The van der Waals surface area contributed by atoms with Gasteiger partial charge in [0.05, 0.1) is 17.2 Å². The number of carbonyl (C=O) groups excluding carboxylic acids is 1. The van der Waals surface area contributed by atoms with E-state index in [2.05, 4.69) is 26.8 Å². The molecule has 3 aromatic rings. The van der Waals surface area contributed by atoms with Crippen LogP contribution in [0, 0.1) is 12.8 Å². The third-order valence-electron chi connectivity index (χ3n) is 6.92. The summed E-state index contributed by atoms with van der Waals surface area (Å²) in [5.74, 6) is 1.31.